The van der Waals surface area contributed by atoms with Gasteiger partial charge in [-0.15, -0.1) is 0 Å². The zero-order valence-corrected chi connectivity index (χ0v) is 28.6. The molecule has 0 saturated heterocycles. The van der Waals surface area contributed by atoms with E-state index in [4.69, 9.17) is 9.47 Å². The Morgan fingerprint density at radius 2 is 1.40 bits per heavy atom. The number of hydrogen-bond acceptors (Lipinski definition) is 6. The molecule has 0 bridgehead atoms. The maximum absolute atomic E-state index is 14.7. The number of benzene rings is 4. The number of sulfonamides is 1. The maximum atomic E-state index is 14.7. The van der Waals surface area contributed by atoms with Crippen molar-refractivity contribution in [2.75, 3.05) is 25.1 Å². The molecule has 0 fully saturated rings. The summed E-state index contributed by atoms with van der Waals surface area (Å²) in [5, 5.41) is 2.97. The lowest BCUT2D eigenvalue weighted by Crippen LogP contribution is -2.54. The number of rotatable bonds is 14. The van der Waals surface area contributed by atoms with Gasteiger partial charge in [-0.2, -0.15) is 0 Å². The van der Waals surface area contributed by atoms with Crippen molar-refractivity contribution in [3.63, 3.8) is 0 Å². The molecule has 2 amide bonds. The Hall–Kier alpha value is -4.83. The molecule has 1 atom stereocenters. The average molecular weight is 658 g/mol. The highest BCUT2D eigenvalue weighted by Crippen LogP contribution is 2.36. The lowest BCUT2D eigenvalue weighted by atomic mass is 10.0. The standard InChI is InChI=1S/C37H43N3O6S/c1-26(2)38-37(42)34(22-29-10-8-7-9-11-29)39(24-30-16-12-27(3)13-17-30)36(41)25-40(33-23-31(45-5)18-21-35(33)46-6)47(43,44)32-19-14-28(4)15-20-32/h7-21,23,26,34H,22,24-25H2,1-6H3,(H,38,42)/t34-/m1/s1. The molecule has 0 aliphatic carbocycles. The van der Waals surface area contributed by atoms with Crippen LogP contribution < -0.4 is 19.1 Å². The van der Waals surface area contributed by atoms with Crippen molar-refractivity contribution in [2.45, 2.75) is 57.6 Å². The molecule has 4 rings (SSSR count). The van der Waals surface area contributed by atoms with Crippen LogP contribution in [0.15, 0.2) is 102 Å². The molecule has 47 heavy (non-hydrogen) atoms. The Kier molecular flexibility index (Phi) is 11.7. The Morgan fingerprint density at radius 3 is 1.98 bits per heavy atom. The minimum absolute atomic E-state index is 0.00393. The monoisotopic (exact) mass is 657 g/mol. The summed E-state index contributed by atoms with van der Waals surface area (Å²) in [5.41, 5.74) is 3.71. The van der Waals surface area contributed by atoms with Gasteiger partial charge in [0, 0.05) is 25.1 Å². The molecule has 0 aliphatic heterocycles. The molecule has 0 aliphatic rings. The number of carbonyl (C=O) groups excluding carboxylic acids is 2. The second-order valence-electron chi connectivity index (χ2n) is 11.7. The molecule has 4 aromatic carbocycles. The third-order valence-corrected chi connectivity index (χ3v) is 9.49. The van der Waals surface area contributed by atoms with Crippen LogP contribution in [0.4, 0.5) is 5.69 Å². The largest absolute Gasteiger partial charge is 0.497 e. The van der Waals surface area contributed by atoms with E-state index in [9.17, 15) is 18.0 Å². The van der Waals surface area contributed by atoms with Crippen molar-refractivity contribution in [1.29, 1.82) is 0 Å². The van der Waals surface area contributed by atoms with E-state index in [-0.39, 0.29) is 41.2 Å². The Balaban J connectivity index is 1.86. The summed E-state index contributed by atoms with van der Waals surface area (Å²) in [6.45, 7) is 7.02. The summed E-state index contributed by atoms with van der Waals surface area (Å²) >= 11 is 0. The summed E-state index contributed by atoms with van der Waals surface area (Å²) in [6.07, 6.45) is 0.226. The maximum Gasteiger partial charge on any atom is 0.264 e. The number of nitrogens with zero attached hydrogens (tertiary/aromatic N) is 2. The Morgan fingerprint density at radius 1 is 0.787 bits per heavy atom. The first-order chi connectivity index (χ1) is 22.4. The molecule has 0 spiro atoms. The Bertz CT molecular complexity index is 1760. The lowest BCUT2D eigenvalue weighted by Gasteiger charge is -2.34. The predicted octanol–water partition coefficient (Wildman–Crippen LogP) is 5.68. The number of anilines is 1. The fraction of sp³-hybridized carbons (Fsp3) is 0.297. The van der Waals surface area contributed by atoms with Crippen LogP contribution in [0.2, 0.25) is 0 Å². The number of methoxy groups -OCH3 is 2. The van der Waals surface area contributed by atoms with E-state index in [1.807, 2.05) is 82.3 Å². The molecule has 4 aromatic rings. The number of amides is 2. The van der Waals surface area contributed by atoms with Crippen molar-refractivity contribution in [1.82, 2.24) is 10.2 Å². The number of carbonyl (C=O) groups is 2. The molecule has 10 heteroatoms. The van der Waals surface area contributed by atoms with Gasteiger partial charge >= 0.3 is 0 Å². The molecule has 1 N–H and O–H groups in total. The Labute approximate surface area is 278 Å². The highest BCUT2D eigenvalue weighted by molar-refractivity contribution is 7.92. The summed E-state index contributed by atoms with van der Waals surface area (Å²) in [4.78, 5) is 30.0. The van der Waals surface area contributed by atoms with Gasteiger partial charge < -0.3 is 19.7 Å². The minimum Gasteiger partial charge on any atom is -0.497 e. The van der Waals surface area contributed by atoms with E-state index >= 15 is 0 Å². The molecule has 248 valence electrons. The van der Waals surface area contributed by atoms with Gasteiger partial charge in [0.1, 0.15) is 24.1 Å². The minimum atomic E-state index is -4.31. The molecule has 9 nitrogen and oxygen atoms in total. The second kappa shape index (κ2) is 15.6. The van der Waals surface area contributed by atoms with E-state index in [1.165, 1.54) is 37.3 Å². The SMILES string of the molecule is COc1ccc(OC)c(N(CC(=O)N(Cc2ccc(C)cc2)[C@H](Cc2ccccc2)C(=O)NC(C)C)S(=O)(=O)c2ccc(C)cc2)c1. The van der Waals surface area contributed by atoms with Crippen LogP contribution in [0.3, 0.4) is 0 Å². The van der Waals surface area contributed by atoms with E-state index in [1.54, 1.807) is 24.3 Å². The third-order valence-electron chi connectivity index (χ3n) is 7.72. The molecular weight excluding hydrogens is 614 g/mol. The van der Waals surface area contributed by atoms with Gasteiger partial charge in [-0.1, -0.05) is 77.9 Å². The smallest absolute Gasteiger partial charge is 0.264 e. The van der Waals surface area contributed by atoms with Crippen LogP contribution in [0, 0.1) is 13.8 Å². The summed E-state index contributed by atoms with van der Waals surface area (Å²) in [7, 11) is -1.41. The predicted molar refractivity (Wildman–Crippen MR) is 184 cm³/mol. The van der Waals surface area contributed by atoms with Crippen LogP contribution in [0.1, 0.15) is 36.1 Å². The quantitative estimate of drug-likeness (QED) is 0.187. The second-order valence-corrected chi connectivity index (χ2v) is 13.6. The number of ether oxygens (including phenoxy) is 2. The van der Waals surface area contributed by atoms with Gasteiger partial charge in [-0.3, -0.25) is 13.9 Å². The zero-order chi connectivity index (χ0) is 34.1. The summed E-state index contributed by atoms with van der Waals surface area (Å²) in [5.74, 6) is -0.285. The lowest BCUT2D eigenvalue weighted by molar-refractivity contribution is -0.140. The van der Waals surface area contributed by atoms with E-state index in [0.717, 1.165) is 26.6 Å². The first kappa shape index (κ1) is 35.0. The fourth-order valence-corrected chi connectivity index (χ4v) is 6.58. The highest BCUT2D eigenvalue weighted by atomic mass is 32.2. The average Bonchev–Trinajstić information content (AvgIpc) is 3.06. The van der Waals surface area contributed by atoms with E-state index in [0.29, 0.717) is 5.75 Å². The van der Waals surface area contributed by atoms with Crippen molar-refractivity contribution >= 4 is 27.5 Å². The molecule has 0 radical (unpaired) electrons. The van der Waals surface area contributed by atoms with Gasteiger partial charge in [-0.05, 0) is 63.1 Å². The highest BCUT2D eigenvalue weighted by Gasteiger charge is 2.36. The fourth-order valence-electron chi connectivity index (χ4n) is 5.17. The van der Waals surface area contributed by atoms with Crippen molar-refractivity contribution < 1.29 is 27.5 Å². The normalized spacial score (nSPS) is 11.9. The van der Waals surface area contributed by atoms with Crippen molar-refractivity contribution in [3.05, 3.63) is 119 Å². The van der Waals surface area contributed by atoms with Crippen LogP contribution in [0.25, 0.3) is 0 Å². The van der Waals surface area contributed by atoms with Crippen LogP contribution in [-0.2, 0) is 32.6 Å². The number of nitrogens with one attached hydrogen (secondary N) is 1. The van der Waals surface area contributed by atoms with Crippen molar-refractivity contribution in [3.8, 4) is 11.5 Å². The van der Waals surface area contributed by atoms with Crippen LogP contribution >= 0.6 is 0 Å². The topological polar surface area (TPSA) is 105 Å². The van der Waals surface area contributed by atoms with Crippen LogP contribution in [0.5, 0.6) is 11.5 Å². The third kappa shape index (κ3) is 8.92. The van der Waals surface area contributed by atoms with Gasteiger partial charge in [0.25, 0.3) is 10.0 Å². The first-order valence-corrected chi connectivity index (χ1v) is 16.9. The molecule has 0 aromatic heterocycles. The zero-order valence-electron chi connectivity index (χ0n) is 27.8. The summed E-state index contributed by atoms with van der Waals surface area (Å²) < 4.78 is 40.8. The molecule has 0 unspecified atom stereocenters. The summed E-state index contributed by atoms with van der Waals surface area (Å²) in [6, 6.07) is 27.2. The number of aryl methyl sites for hydroxylation is 2. The van der Waals surface area contributed by atoms with Crippen LogP contribution in [-0.4, -0.2) is 58.0 Å². The molecular formula is C37H43N3O6S. The number of hydrogen-bond donors (Lipinski definition) is 1. The van der Waals surface area contributed by atoms with Gasteiger partial charge in [-0.25, -0.2) is 8.42 Å². The molecule has 0 saturated carbocycles. The van der Waals surface area contributed by atoms with E-state index in [2.05, 4.69) is 5.32 Å². The van der Waals surface area contributed by atoms with E-state index < -0.39 is 28.5 Å². The first-order valence-electron chi connectivity index (χ1n) is 15.4. The van der Waals surface area contributed by atoms with Gasteiger partial charge in [0.2, 0.25) is 11.8 Å². The molecule has 0 heterocycles. The van der Waals surface area contributed by atoms with Crippen molar-refractivity contribution in [2.24, 2.45) is 0 Å². The van der Waals surface area contributed by atoms with Gasteiger partial charge in [0.05, 0.1) is 24.8 Å². The van der Waals surface area contributed by atoms with Gasteiger partial charge in [0.15, 0.2) is 0 Å².